The number of hydrogen-bond donors (Lipinski definition) is 3. The van der Waals surface area contributed by atoms with E-state index < -0.39 is 0 Å². The third-order valence-corrected chi connectivity index (χ3v) is 5.88. The van der Waals surface area contributed by atoms with Crippen molar-refractivity contribution >= 4 is 29.1 Å². The fraction of sp³-hybridized carbons (Fsp3) is 0.423. The van der Waals surface area contributed by atoms with Crippen molar-refractivity contribution in [2.75, 3.05) is 36.8 Å². The Kier molecular flexibility index (Phi) is 8.87. The van der Waals surface area contributed by atoms with Gasteiger partial charge in [-0.2, -0.15) is 0 Å². The Morgan fingerprint density at radius 2 is 1.70 bits per heavy atom. The highest BCUT2D eigenvalue weighted by atomic mass is 16.2. The van der Waals surface area contributed by atoms with E-state index in [2.05, 4.69) is 29.8 Å². The molecule has 33 heavy (non-hydrogen) atoms. The maximum atomic E-state index is 12.6. The number of unbranched alkanes of at least 4 members (excludes halogenated alkanes) is 1. The third-order valence-electron chi connectivity index (χ3n) is 5.88. The Hall–Kier alpha value is -3.35. The zero-order valence-corrected chi connectivity index (χ0v) is 19.5. The maximum Gasteiger partial charge on any atom is 0.253 e. The number of piperidine rings is 1. The first-order valence-corrected chi connectivity index (χ1v) is 11.8. The van der Waals surface area contributed by atoms with E-state index in [0.717, 1.165) is 44.5 Å². The summed E-state index contributed by atoms with van der Waals surface area (Å²) in [7, 11) is 0. The number of benzene rings is 2. The molecule has 1 saturated heterocycles. The van der Waals surface area contributed by atoms with Crippen LogP contribution in [-0.4, -0.2) is 48.8 Å². The first-order valence-electron chi connectivity index (χ1n) is 11.8. The summed E-state index contributed by atoms with van der Waals surface area (Å²) < 4.78 is 0. The van der Waals surface area contributed by atoms with Crippen LogP contribution >= 0.6 is 0 Å². The molecule has 0 atom stereocenters. The van der Waals surface area contributed by atoms with E-state index in [1.165, 1.54) is 0 Å². The summed E-state index contributed by atoms with van der Waals surface area (Å²) in [4.78, 5) is 39.1. The first-order chi connectivity index (χ1) is 16.0. The number of hydrogen-bond acceptors (Lipinski definition) is 4. The van der Waals surface area contributed by atoms with Gasteiger partial charge >= 0.3 is 0 Å². The van der Waals surface area contributed by atoms with Crippen molar-refractivity contribution in [3.8, 4) is 0 Å². The number of nitrogens with one attached hydrogen (secondary N) is 3. The summed E-state index contributed by atoms with van der Waals surface area (Å²) in [5, 5.41) is 8.75. The molecule has 3 N–H and O–H groups in total. The monoisotopic (exact) mass is 450 g/mol. The van der Waals surface area contributed by atoms with E-state index >= 15 is 0 Å². The van der Waals surface area contributed by atoms with Crippen LogP contribution in [0.25, 0.3) is 0 Å². The Balaban J connectivity index is 1.47. The Bertz CT molecular complexity index is 950. The minimum atomic E-state index is -0.221. The smallest absolute Gasteiger partial charge is 0.253 e. The normalized spacial score (nSPS) is 13.9. The van der Waals surface area contributed by atoms with Gasteiger partial charge in [-0.1, -0.05) is 26.3 Å². The van der Waals surface area contributed by atoms with Crippen molar-refractivity contribution in [1.82, 2.24) is 10.2 Å². The quantitative estimate of drug-likeness (QED) is 0.501. The number of nitrogens with zero attached hydrogens (tertiary/aromatic N) is 1. The highest BCUT2D eigenvalue weighted by molar-refractivity contribution is 5.98. The number of carbonyl (C=O) groups is 3. The molecule has 0 unspecified atom stereocenters. The molecular weight excluding hydrogens is 416 g/mol. The van der Waals surface area contributed by atoms with Crippen LogP contribution in [-0.2, 0) is 4.79 Å². The van der Waals surface area contributed by atoms with Gasteiger partial charge in [0.25, 0.3) is 11.8 Å². The van der Waals surface area contributed by atoms with Crippen LogP contribution in [0.1, 0.15) is 60.2 Å². The van der Waals surface area contributed by atoms with Gasteiger partial charge in [-0.15, -0.1) is 0 Å². The summed E-state index contributed by atoms with van der Waals surface area (Å²) in [5.74, 6) is 0.370. The minimum Gasteiger partial charge on any atom is -0.376 e. The standard InChI is InChI=1S/C26H34N4O3/c1-3-4-14-27-25(32)21-6-5-7-23(17-21)29-24(31)18-28-22-10-8-20(9-11-22)26(33)30-15-12-19(2)13-16-30/h5-11,17,19,28H,3-4,12-16,18H2,1-2H3,(H,27,32)(H,29,31). The zero-order valence-electron chi connectivity index (χ0n) is 19.5. The largest absolute Gasteiger partial charge is 0.376 e. The van der Waals surface area contributed by atoms with Gasteiger partial charge in [0.1, 0.15) is 0 Å². The highest BCUT2D eigenvalue weighted by Gasteiger charge is 2.21. The summed E-state index contributed by atoms with van der Waals surface area (Å²) >= 11 is 0. The fourth-order valence-corrected chi connectivity index (χ4v) is 3.73. The molecule has 0 aliphatic carbocycles. The van der Waals surface area contributed by atoms with Crippen molar-refractivity contribution < 1.29 is 14.4 Å². The molecule has 1 aliphatic heterocycles. The van der Waals surface area contributed by atoms with Gasteiger partial charge in [-0.25, -0.2) is 0 Å². The summed E-state index contributed by atoms with van der Waals surface area (Å²) in [6.07, 6.45) is 4.04. The number of likely N-dealkylation sites (tertiary alicyclic amines) is 1. The SMILES string of the molecule is CCCCNC(=O)c1cccc(NC(=O)CNc2ccc(C(=O)N3CCC(C)CC3)cc2)c1. The highest BCUT2D eigenvalue weighted by Crippen LogP contribution is 2.19. The molecule has 1 fully saturated rings. The van der Waals surface area contributed by atoms with Crippen molar-refractivity contribution in [2.45, 2.75) is 39.5 Å². The van der Waals surface area contributed by atoms with Crippen molar-refractivity contribution in [1.29, 1.82) is 0 Å². The molecule has 0 bridgehead atoms. The molecule has 0 spiro atoms. The molecule has 2 aromatic rings. The van der Waals surface area contributed by atoms with Crippen LogP contribution in [0.5, 0.6) is 0 Å². The molecule has 0 saturated carbocycles. The molecular formula is C26H34N4O3. The molecule has 0 radical (unpaired) electrons. The van der Waals surface area contributed by atoms with Crippen molar-refractivity contribution in [3.05, 3.63) is 59.7 Å². The van der Waals surface area contributed by atoms with Gasteiger partial charge in [0.05, 0.1) is 6.54 Å². The summed E-state index contributed by atoms with van der Waals surface area (Å²) in [6, 6.07) is 14.1. The van der Waals surface area contributed by atoms with Gasteiger partial charge in [0.2, 0.25) is 5.91 Å². The lowest BCUT2D eigenvalue weighted by Gasteiger charge is -2.30. The van der Waals surface area contributed by atoms with E-state index in [1.54, 1.807) is 36.4 Å². The predicted octanol–water partition coefficient (Wildman–Crippen LogP) is 4.14. The first kappa shape index (κ1) is 24.3. The van der Waals surface area contributed by atoms with Crippen LogP contribution in [0.2, 0.25) is 0 Å². The topological polar surface area (TPSA) is 90.5 Å². The molecule has 0 aromatic heterocycles. The van der Waals surface area contributed by atoms with Gasteiger partial charge in [-0.3, -0.25) is 14.4 Å². The molecule has 1 aliphatic rings. The molecule has 7 heteroatoms. The Morgan fingerprint density at radius 3 is 2.39 bits per heavy atom. The third kappa shape index (κ3) is 7.34. The lowest BCUT2D eigenvalue weighted by atomic mass is 9.98. The van der Waals surface area contributed by atoms with Crippen LogP contribution in [0.3, 0.4) is 0 Å². The predicted molar refractivity (Wildman–Crippen MR) is 132 cm³/mol. The van der Waals surface area contributed by atoms with Crippen LogP contribution in [0.15, 0.2) is 48.5 Å². The Morgan fingerprint density at radius 1 is 0.970 bits per heavy atom. The van der Waals surface area contributed by atoms with E-state index in [1.807, 2.05) is 17.0 Å². The molecule has 7 nitrogen and oxygen atoms in total. The zero-order chi connectivity index (χ0) is 23.6. The van der Waals surface area contributed by atoms with Crippen molar-refractivity contribution in [2.24, 2.45) is 5.92 Å². The maximum absolute atomic E-state index is 12.6. The lowest BCUT2D eigenvalue weighted by Crippen LogP contribution is -2.37. The van der Waals surface area contributed by atoms with Gasteiger partial charge in [0, 0.05) is 42.1 Å². The van der Waals surface area contributed by atoms with Crippen molar-refractivity contribution in [3.63, 3.8) is 0 Å². The van der Waals surface area contributed by atoms with Gasteiger partial charge in [0.15, 0.2) is 0 Å². The van der Waals surface area contributed by atoms with Crippen LogP contribution in [0, 0.1) is 5.92 Å². The minimum absolute atomic E-state index is 0.0600. The average molecular weight is 451 g/mol. The molecule has 2 aromatic carbocycles. The number of anilines is 2. The van der Waals surface area contributed by atoms with E-state index in [0.29, 0.717) is 29.3 Å². The second-order valence-corrected chi connectivity index (χ2v) is 8.64. The average Bonchev–Trinajstić information content (AvgIpc) is 2.83. The molecule has 176 valence electrons. The molecule has 3 amide bonds. The van der Waals surface area contributed by atoms with Crippen LogP contribution in [0.4, 0.5) is 11.4 Å². The second-order valence-electron chi connectivity index (χ2n) is 8.64. The lowest BCUT2D eigenvalue weighted by molar-refractivity contribution is -0.114. The molecule has 3 rings (SSSR count). The summed E-state index contributed by atoms with van der Waals surface area (Å²) in [6.45, 7) is 6.62. The van der Waals surface area contributed by atoms with E-state index in [-0.39, 0.29) is 24.3 Å². The number of carbonyl (C=O) groups excluding carboxylic acids is 3. The number of rotatable bonds is 9. The Labute approximate surface area is 195 Å². The van der Waals surface area contributed by atoms with Crippen LogP contribution < -0.4 is 16.0 Å². The van der Waals surface area contributed by atoms with Gasteiger partial charge < -0.3 is 20.9 Å². The van der Waals surface area contributed by atoms with Gasteiger partial charge in [-0.05, 0) is 67.6 Å². The second kappa shape index (κ2) is 12.0. The summed E-state index contributed by atoms with van der Waals surface area (Å²) in [5.41, 5.74) is 2.51. The van der Waals surface area contributed by atoms with E-state index in [9.17, 15) is 14.4 Å². The van der Waals surface area contributed by atoms with E-state index in [4.69, 9.17) is 0 Å². The fourth-order valence-electron chi connectivity index (χ4n) is 3.73. The number of amides is 3. The molecule has 1 heterocycles.